The smallest absolute Gasteiger partial charge is 0.178 e. The predicted octanol–water partition coefficient (Wildman–Crippen LogP) is 2.46. The van der Waals surface area contributed by atoms with Gasteiger partial charge in [0.15, 0.2) is 5.78 Å². The van der Waals surface area contributed by atoms with Gasteiger partial charge in [-0.05, 0) is 24.3 Å². The third kappa shape index (κ3) is 2.48. The van der Waals surface area contributed by atoms with Gasteiger partial charge in [0.1, 0.15) is 23.8 Å². The van der Waals surface area contributed by atoms with E-state index in [0.717, 1.165) is 5.76 Å². The lowest BCUT2D eigenvalue weighted by molar-refractivity contribution is 0.101. The summed E-state index contributed by atoms with van der Waals surface area (Å²) in [6, 6.07) is 6.99. The van der Waals surface area contributed by atoms with Crippen molar-refractivity contribution in [2.24, 2.45) is 0 Å². The van der Waals surface area contributed by atoms with E-state index in [9.17, 15) is 4.79 Å². The third-order valence-corrected chi connectivity index (χ3v) is 2.06. The van der Waals surface area contributed by atoms with Crippen molar-refractivity contribution in [3.8, 4) is 5.75 Å². The standard InChI is InChI=1S/C12H11NO3/c1-9(14)12-5-4-10(7-13-12)16-8-11-3-2-6-15-11/h2-7H,8H2,1H3. The number of nitrogens with zero attached hydrogens (tertiary/aromatic N) is 1. The Kier molecular flexibility index (Phi) is 3.00. The molecule has 82 valence electrons. The molecule has 0 bridgehead atoms. The summed E-state index contributed by atoms with van der Waals surface area (Å²) in [6.07, 6.45) is 3.12. The quantitative estimate of drug-likeness (QED) is 0.738. The van der Waals surface area contributed by atoms with Crippen LogP contribution in [-0.4, -0.2) is 10.8 Å². The van der Waals surface area contributed by atoms with Gasteiger partial charge in [0, 0.05) is 6.92 Å². The van der Waals surface area contributed by atoms with Crippen LogP contribution in [0.3, 0.4) is 0 Å². The SMILES string of the molecule is CC(=O)c1ccc(OCc2ccco2)cn1. The molecule has 16 heavy (non-hydrogen) atoms. The average Bonchev–Trinajstić information content (AvgIpc) is 2.80. The normalized spacial score (nSPS) is 10.1. The molecule has 2 aromatic heterocycles. The van der Waals surface area contributed by atoms with Crippen molar-refractivity contribution in [3.05, 3.63) is 48.2 Å². The number of ketones is 1. The van der Waals surface area contributed by atoms with Gasteiger partial charge in [-0.2, -0.15) is 0 Å². The van der Waals surface area contributed by atoms with E-state index in [2.05, 4.69) is 4.98 Å². The largest absolute Gasteiger partial charge is 0.484 e. The van der Waals surface area contributed by atoms with Crippen LogP contribution in [0.15, 0.2) is 41.1 Å². The first-order valence-corrected chi connectivity index (χ1v) is 4.88. The van der Waals surface area contributed by atoms with Crippen molar-refractivity contribution >= 4 is 5.78 Å². The molecule has 2 rings (SSSR count). The molecule has 4 heteroatoms. The van der Waals surface area contributed by atoms with E-state index < -0.39 is 0 Å². The summed E-state index contributed by atoms with van der Waals surface area (Å²) in [4.78, 5) is 15.0. The van der Waals surface area contributed by atoms with Crippen molar-refractivity contribution in [1.29, 1.82) is 0 Å². The third-order valence-electron chi connectivity index (χ3n) is 2.06. The highest BCUT2D eigenvalue weighted by Crippen LogP contribution is 2.12. The monoisotopic (exact) mass is 217 g/mol. The summed E-state index contributed by atoms with van der Waals surface area (Å²) < 4.78 is 10.5. The minimum absolute atomic E-state index is 0.0578. The van der Waals surface area contributed by atoms with Gasteiger partial charge in [0.05, 0.1) is 12.5 Å². The van der Waals surface area contributed by atoms with Gasteiger partial charge >= 0.3 is 0 Å². The second kappa shape index (κ2) is 4.61. The molecule has 2 aromatic rings. The molecule has 0 N–H and O–H groups in total. The van der Waals surface area contributed by atoms with Crippen LogP contribution in [0, 0.1) is 0 Å². The Morgan fingerprint density at radius 1 is 1.44 bits per heavy atom. The molecular weight excluding hydrogens is 206 g/mol. The summed E-state index contributed by atoms with van der Waals surface area (Å²) in [5.74, 6) is 1.30. The van der Waals surface area contributed by atoms with E-state index in [1.165, 1.54) is 13.1 Å². The zero-order chi connectivity index (χ0) is 11.4. The number of Topliss-reactive ketones (excluding diaryl/α,β-unsaturated/α-hetero) is 1. The molecule has 0 spiro atoms. The maximum atomic E-state index is 11.0. The molecule has 0 saturated heterocycles. The fourth-order valence-corrected chi connectivity index (χ4v) is 1.22. The highest BCUT2D eigenvalue weighted by molar-refractivity contribution is 5.92. The highest BCUT2D eigenvalue weighted by Gasteiger charge is 2.02. The topological polar surface area (TPSA) is 52.3 Å². The fraction of sp³-hybridized carbons (Fsp3) is 0.167. The van der Waals surface area contributed by atoms with Gasteiger partial charge in [-0.15, -0.1) is 0 Å². The molecule has 2 heterocycles. The molecule has 0 amide bonds. The first-order chi connectivity index (χ1) is 7.75. The van der Waals surface area contributed by atoms with Crippen LogP contribution in [-0.2, 0) is 6.61 Å². The molecule has 0 atom stereocenters. The Labute approximate surface area is 92.9 Å². The molecule has 0 saturated carbocycles. The van der Waals surface area contributed by atoms with Crippen molar-refractivity contribution in [2.75, 3.05) is 0 Å². The van der Waals surface area contributed by atoms with Crippen LogP contribution in [0.2, 0.25) is 0 Å². The maximum absolute atomic E-state index is 11.0. The van der Waals surface area contributed by atoms with Crippen LogP contribution in [0.5, 0.6) is 5.75 Å². The van der Waals surface area contributed by atoms with Crippen LogP contribution in [0.25, 0.3) is 0 Å². The molecule has 0 unspecified atom stereocenters. The Hall–Kier alpha value is -2.10. The first kappa shape index (κ1) is 10.4. The Morgan fingerprint density at radius 2 is 2.31 bits per heavy atom. The van der Waals surface area contributed by atoms with Gasteiger partial charge in [-0.25, -0.2) is 4.98 Å². The molecule has 0 radical (unpaired) electrons. The lowest BCUT2D eigenvalue weighted by Gasteiger charge is -2.03. The predicted molar refractivity (Wildman–Crippen MR) is 57.3 cm³/mol. The average molecular weight is 217 g/mol. The van der Waals surface area contributed by atoms with Gasteiger partial charge in [0.2, 0.25) is 0 Å². The van der Waals surface area contributed by atoms with Crippen LogP contribution in [0.4, 0.5) is 0 Å². The number of carbonyl (C=O) groups is 1. The molecule has 0 fully saturated rings. The number of ether oxygens (including phenoxy) is 1. The molecular formula is C12H11NO3. The highest BCUT2D eigenvalue weighted by atomic mass is 16.5. The van der Waals surface area contributed by atoms with Crippen molar-refractivity contribution in [1.82, 2.24) is 4.98 Å². The maximum Gasteiger partial charge on any atom is 0.178 e. The number of rotatable bonds is 4. The van der Waals surface area contributed by atoms with E-state index in [1.54, 1.807) is 24.5 Å². The lowest BCUT2D eigenvalue weighted by atomic mass is 10.3. The number of carbonyl (C=O) groups excluding carboxylic acids is 1. The van der Waals surface area contributed by atoms with E-state index >= 15 is 0 Å². The van der Waals surface area contributed by atoms with E-state index in [4.69, 9.17) is 9.15 Å². The lowest BCUT2D eigenvalue weighted by Crippen LogP contribution is -1.98. The second-order valence-electron chi connectivity index (χ2n) is 3.30. The summed E-state index contributed by atoms with van der Waals surface area (Å²) in [5.41, 5.74) is 0.436. The number of hydrogen-bond acceptors (Lipinski definition) is 4. The Bertz CT molecular complexity index is 460. The second-order valence-corrected chi connectivity index (χ2v) is 3.30. The minimum Gasteiger partial charge on any atom is -0.484 e. The number of pyridine rings is 1. The van der Waals surface area contributed by atoms with Gasteiger partial charge < -0.3 is 9.15 Å². The van der Waals surface area contributed by atoms with Crippen LogP contribution < -0.4 is 4.74 Å². The summed E-state index contributed by atoms with van der Waals surface area (Å²) in [6.45, 7) is 1.83. The zero-order valence-electron chi connectivity index (χ0n) is 8.84. The van der Waals surface area contributed by atoms with E-state index in [1.807, 2.05) is 6.07 Å². The van der Waals surface area contributed by atoms with E-state index in [-0.39, 0.29) is 5.78 Å². The number of furan rings is 1. The Morgan fingerprint density at radius 3 is 2.88 bits per heavy atom. The van der Waals surface area contributed by atoms with Gasteiger partial charge in [0.25, 0.3) is 0 Å². The van der Waals surface area contributed by atoms with Crippen molar-refractivity contribution in [2.45, 2.75) is 13.5 Å². The molecule has 0 aliphatic heterocycles. The summed E-state index contributed by atoms with van der Waals surface area (Å²) in [5, 5.41) is 0. The van der Waals surface area contributed by atoms with E-state index in [0.29, 0.717) is 18.1 Å². The molecule has 4 nitrogen and oxygen atoms in total. The summed E-state index contributed by atoms with van der Waals surface area (Å²) in [7, 11) is 0. The van der Waals surface area contributed by atoms with Gasteiger partial charge in [-0.1, -0.05) is 0 Å². The molecule has 0 aliphatic carbocycles. The fourth-order valence-electron chi connectivity index (χ4n) is 1.22. The van der Waals surface area contributed by atoms with Crippen LogP contribution in [0.1, 0.15) is 23.2 Å². The zero-order valence-corrected chi connectivity index (χ0v) is 8.84. The summed E-state index contributed by atoms with van der Waals surface area (Å²) >= 11 is 0. The molecule has 0 aromatic carbocycles. The Balaban J connectivity index is 1.98. The van der Waals surface area contributed by atoms with Crippen LogP contribution >= 0.6 is 0 Å². The van der Waals surface area contributed by atoms with Crippen molar-refractivity contribution in [3.63, 3.8) is 0 Å². The molecule has 0 aliphatic rings. The number of aromatic nitrogens is 1. The van der Waals surface area contributed by atoms with Crippen molar-refractivity contribution < 1.29 is 13.9 Å². The minimum atomic E-state index is -0.0578. The first-order valence-electron chi connectivity index (χ1n) is 4.88. The number of hydrogen-bond donors (Lipinski definition) is 0. The van der Waals surface area contributed by atoms with Gasteiger partial charge in [-0.3, -0.25) is 4.79 Å².